The molecule has 1 N–H and O–H groups in total. The average molecular weight is 265 g/mol. The topological polar surface area (TPSA) is 12.0 Å². The predicted octanol–water partition coefficient (Wildman–Crippen LogP) is 4.99. The van der Waals surface area contributed by atoms with Crippen LogP contribution in [0.15, 0.2) is 6.07 Å². The second kappa shape index (κ2) is 5.75. The summed E-state index contributed by atoms with van der Waals surface area (Å²) in [6, 6.07) is 2.93. The molecule has 1 saturated carbocycles. The SMILES string of the molecule is CCNC(c1sc(C)cc1C)C1(CC)CCCC1. The lowest BCUT2D eigenvalue weighted by molar-refractivity contribution is 0.191. The molecule has 1 aliphatic carbocycles. The second-order valence-electron chi connectivity index (χ2n) is 5.82. The van der Waals surface area contributed by atoms with E-state index in [1.54, 1.807) is 4.88 Å². The first-order valence-electron chi connectivity index (χ1n) is 7.43. The van der Waals surface area contributed by atoms with Gasteiger partial charge >= 0.3 is 0 Å². The lowest BCUT2D eigenvalue weighted by Crippen LogP contribution is -2.36. The summed E-state index contributed by atoms with van der Waals surface area (Å²) in [6.07, 6.45) is 6.94. The first-order valence-corrected chi connectivity index (χ1v) is 8.25. The van der Waals surface area contributed by atoms with Crippen molar-refractivity contribution in [1.82, 2.24) is 5.32 Å². The number of thiophene rings is 1. The van der Waals surface area contributed by atoms with Gasteiger partial charge in [0.05, 0.1) is 0 Å². The van der Waals surface area contributed by atoms with Crippen LogP contribution in [0, 0.1) is 19.3 Å². The Kier molecular flexibility index (Phi) is 4.50. The van der Waals surface area contributed by atoms with Crippen molar-refractivity contribution in [1.29, 1.82) is 0 Å². The maximum atomic E-state index is 3.80. The first kappa shape index (κ1) is 14.1. The van der Waals surface area contributed by atoms with E-state index in [-0.39, 0.29) is 0 Å². The molecule has 18 heavy (non-hydrogen) atoms. The third kappa shape index (κ3) is 2.50. The van der Waals surface area contributed by atoms with Crippen LogP contribution >= 0.6 is 11.3 Å². The summed E-state index contributed by atoms with van der Waals surface area (Å²) in [4.78, 5) is 3.05. The van der Waals surface area contributed by atoms with Crippen LogP contribution in [0.2, 0.25) is 0 Å². The standard InChI is InChI=1S/C16H27NS/c1-5-16(9-7-8-10-16)15(17-6-2)14-12(3)11-13(4)18-14/h11,15,17H,5-10H2,1-4H3. The molecule has 1 heterocycles. The summed E-state index contributed by atoms with van der Waals surface area (Å²) in [5, 5.41) is 3.80. The molecule has 0 amide bonds. The molecule has 0 aliphatic heterocycles. The molecule has 1 aromatic heterocycles. The van der Waals surface area contributed by atoms with Crippen molar-refractivity contribution in [3.8, 4) is 0 Å². The smallest absolute Gasteiger partial charge is 0.0474 e. The molecule has 0 saturated heterocycles. The number of nitrogens with one attached hydrogen (secondary N) is 1. The fraction of sp³-hybridized carbons (Fsp3) is 0.750. The predicted molar refractivity (Wildman–Crippen MR) is 81.4 cm³/mol. The fourth-order valence-corrected chi connectivity index (χ4v) is 4.92. The molecule has 1 atom stereocenters. The van der Waals surface area contributed by atoms with Gasteiger partial charge in [-0.3, -0.25) is 0 Å². The minimum absolute atomic E-state index is 0.512. The minimum atomic E-state index is 0.512. The molecule has 1 fully saturated rings. The molecular weight excluding hydrogens is 238 g/mol. The van der Waals surface area contributed by atoms with Crippen molar-refractivity contribution in [2.24, 2.45) is 5.41 Å². The number of hydrogen-bond donors (Lipinski definition) is 1. The summed E-state index contributed by atoms with van der Waals surface area (Å²) in [5.74, 6) is 0. The summed E-state index contributed by atoms with van der Waals surface area (Å²) in [7, 11) is 0. The van der Waals surface area contributed by atoms with Gasteiger partial charge in [-0.1, -0.05) is 26.7 Å². The fourth-order valence-electron chi connectivity index (χ4n) is 3.66. The van der Waals surface area contributed by atoms with Crippen LogP contribution in [-0.2, 0) is 0 Å². The number of aryl methyl sites for hydroxylation is 2. The van der Waals surface area contributed by atoms with Crippen molar-refractivity contribution in [3.63, 3.8) is 0 Å². The Morgan fingerprint density at radius 2 is 1.94 bits per heavy atom. The molecular formula is C16H27NS. The molecule has 0 radical (unpaired) electrons. The van der Waals surface area contributed by atoms with Crippen molar-refractivity contribution in [2.45, 2.75) is 65.8 Å². The highest BCUT2D eigenvalue weighted by Crippen LogP contribution is 2.51. The van der Waals surface area contributed by atoms with Gasteiger partial charge in [-0.2, -0.15) is 0 Å². The molecule has 102 valence electrons. The van der Waals surface area contributed by atoms with Crippen molar-refractivity contribution >= 4 is 11.3 Å². The Morgan fingerprint density at radius 1 is 1.28 bits per heavy atom. The average Bonchev–Trinajstić information content (AvgIpc) is 2.94. The van der Waals surface area contributed by atoms with E-state index >= 15 is 0 Å². The van der Waals surface area contributed by atoms with E-state index in [1.807, 2.05) is 11.3 Å². The number of hydrogen-bond acceptors (Lipinski definition) is 2. The second-order valence-corrected chi connectivity index (χ2v) is 7.11. The summed E-state index contributed by atoms with van der Waals surface area (Å²) >= 11 is 2.00. The molecule has 1 aromatic rings. The van der Waals surface area contributed by atoms with E-state index in [1.165, 1.54) is 42.5 Å². The van der Waals surface area contributed by atoms with Crippen LogP contribution in [0.4, 0.5) is 0 Å². The maximum absolute atomic E-state index is 3.80. The lowest BCUT2D eigenvalue weighted by atomic mass is 9.75. The molecule has 1 aliphatic rings. The van der Waals surface area contributed by atoms with Gasteiger partial charge in [-0.25, -0.2) is 0 Å². The molecule has 0 aromatic carbocycles. The largest absolute Gasteiger partial charge is 0.309 e. The molecule has 1 unspecified atom stereocenters. The lowest BCUT2D eigenvalue weighted by Gasteiger charge is -2.37. The van der Waals surface area contributed by atoms with Crippen LogP contribution in [0.5, 0.6) is 0 Å². The summed E-state index contributed by atoms with van der Waals surface area (Å²) in [6.45, 7) is 10.2. The zero-order valence-corrected chi connectivity index (χ0v) is 13.1. The van der Waals surface area contributed by atoms with E-state index in [2.05, 4.69) is 39.1 Å². The molecule has 2 rings (SSSR count). The Balaban J connectivity index is 2.35. The monoisotopic (exact) mass is 265 g/mol. The Bertz CT molecular complexity index is 388. The quantitative estimate of drug-likeness (QED) is 0.791. The molecule has 0 bridgehead atoms. The highest BCUT2D eigenvalue weighted by Gasteiger charge is 2.41. The van der Waals surface area contributed by atoms with Crippen molar-refractivity contribution in [2.75, 3.05) is 6.54 Å². The van der Waals surface area contributed by atoms with E-state index in [0.29, 0.717) is 11.5 Å². The molecule has 2 heteroatoms. The highest BCUT2D eigenvalue weighted by molar-refractivity contribution is 7.12. The Morgan fingerprint density at radius 3 is 2.39 bits per heavy atom. The van der Waals surface area contributed by atoms with Crippen LogP contribution in [0.25, 0.3) is 0 Å². The van der Waals surface area contributed by atoms with Crippen LogP contribution in [0.1, 0.15) is 67.3 Å². The summed E-state index contributed by atoms with van der Waals surface area (Å²) < 4.78 is 0. The van der Waals surface area contributed by atoms with Gasteiger partial charge in [-0.05, 0) is 56.7 Å². The van der Waals surface area contributed by atoms with Gasteiger partial charge in [-0.15, -0.1) is 11.3 Å². The highest BCUT2D eigenvalue weighted by atomic mass is 32.1. The van der Waals surface area contributed by atoms with Crippen molar-refractivity contribution in [3.05, 3.63) is 21.4 Å². The Hall–Kier alpha value is -0.340. The Labute approximate surface area is 116 Å². The minimum Gasteiger partial charge on any atom is -0.309 e. The van der Waals surface area contributed by atoms with Gasteiger partial charge in [0.25, 0.3) is 0 Å². The van der Waals surface area contributed by atoms with Gasteiger partial charge in [0.15, 0.2) is 0 Å². The zero-order valence-electron chi connectivity index (χ0n) is 12.3. The van der Waals surface area contributed by atoms with Crippen LogP contribution < -0.4 is 5.32 Å². The van der Waals surface area contributed by atoms with Crippen LogP contribution in [0.3, 0.4) is 0 Å². The number of rotatable bonds is 5. The molecule has 0 spiro atoms. The van der Waals surface area contributed by atoms with Gasteiger partial charge in [0.1, 0.15) is 0 Å². The van der Waals surface area contributed by atoms with Crippen LogP contribution in [-0.4, -0.2) is 6.54 Å². The van der Waals surface area contributed by atoms with E-state index in [0.717, 1.165) is 6.54 Å². The molecule has 1 nitrogen and oxygen atoms in total. The zero-order chi connectivity index (χ0) is 13.2. The normalized spacial score (nSPS) is 20.2. The van der Waals surface area contributed by atoms with Gasteiger partial charge in [0.2, 0.25) is 0 Å². The first-order chi connectivity index (χ1) is 8.63. The summed E-state index contributed by atoms with van der Waals surface area (Å²) in [5.41, 5.74) is 2.00. The maximum Gasteiger partial charge on any atom is 0.0474 e. The van der Waals surface area contributed by atoms with Gasteiger partial charge < -0.3 is 5.32 Å². The third-order valence-electron chi connectivity index (χ3n) is 4.67. The van der Waals surface area contributed by atoms with E-state index in [9.17, 15) is 0 Å². The van der Waals surface area contributed by atoms with Crippen molar-refractivity contribution < 1.29 is 0 Å². The third-order valence-corrected chi connectivity index (χ3v) is 5.88. The van der Waals surface area contributed by atoms with E-state index < -0.39 is 0 Å². The van der Waals surface area contributed by atoms with Gasteiger partial charge in [0, 0.05) is 15.8 Å². The van der Waals surface area contributed by atoms with E-state index in [4.69, 9.17) is 0 Å².